The van der Waals surface area contributed by atoms with Gasteiger partial charge < -0.3 is 4.74 Å². The first kappa shape index (κ1) is 21.0. The normalized spacial score (nSPS) is 14.7. The molecule has 0 radical (unpaired) electrons. The van der Waals surface area contributed by atoms with E-state index >= 15 is 0 Å². The highest BCUT2D eigenvalue weighted by Gasteiger charge is 2.22. The highest BCUT2D eigenvalue weighted by atomic mass is 19.3. The summed E-state index contributed by atoms with van der Waals surface area (Å²) in [5.74, 6) is 0.423. The Morgan fingerprint density at radius 2 is 1.81 bits per heavy atom. The molecule has 0 unspecified atom stereocenters. The van der Waals surface area contributed by atoms with Crippen molar-refractivity contribution in [3.8, 4) is 17.1 Å². The van der Waals surface area contributed by atoms with Gasteiger partial charge in [-0.15, -0.1) is 0 Å². The van der Waals surface area contributed by atoms with Crippen LogP contribution in [0.3, 0.4) is 0 Å². The molecule has 1 aliphatic carbocycles. The first-order chi connectivity index (χ1) is 15.0. The van der Waals surface area contributed by atoms with E-state index in [0.29, 0.717) is 22.6 Å². The molecule has 162 valence electrons. The average Bonchev–Trinajstić information content (AvgIpc) is 2.77. The second-order valence-corrected chi connectivity index (χ2v) is 7.49. The highest BCUT2D eigenvalue weighted by molar-refractivity contribution is 5.57. The van der Waals surface area contributed by atoms with Gasteiger partial charge in [-0.2, -0.15) is 13.9 Å². The van der Waals surface area contributed by atoms with Crippen LogP contribution in [0.25, 0.3) is 11.3 Å². The summed E-state index contributed by atoms with van der Waals surface area (Å²) < 4.78 is 31.2. The number of halogens is 2. The van der Waals surface area contributed by atoms with Crippen LogP contribution in [0.1, 0.15) is 55.1 Å². The minimum absolute atomic E-state index is 0.101. The molecular weight excluding hydrogens is 406 g/mol. The van der Waals surface area contributed by atoms with E-state index in [1.807, 2.05) is 0 Å². The van der Waals surface area contributed by atoms with Crippen molar-refractivity contribution in [3.05, 3.63) is 58.3 Å². The Balaban J connectivity index is 1.78. The third kappa shape index (κ3) is 4.89. The van der Waals surface area contributed by atoms with Gasteiger partial charge in [0, 0.05) is 35.9 Å². The maximum Gasteiger partial charge on any atom is 0.388 e. The number of hydrogen-bond acceptors (Lipinski definition) is 7. The molecule has 8 nitrogen and oxygen atoms in total. The zero-order valence-electron chi connectivity index (χ0n) is 17.0. The molecule has 0 aromatic carbocycles. The van der Waals surface area contributed by atoms with Gasteiger partial charge in [-0.05, 0) is 31.7 Å². The van der Waals surface area contributed by atoms with Crippen LogP contribution in [0.15, 0.2) is 35.6 Å². The molecule has 4 rings (SSSR count). The number of nitrogens with zero attached hydrogens (tertiary/aromatic N) is 6. The minimum Gasteiger partial charge on any atom is -0.415 e. The summed E-state index contributed by atoms with van der Waals surface area (Å²) in [6.45, 7) is -1.41. The molecule has 0 aliphatic heterocycles. The van der Waals surface area contributed by atoms with Crippen LogP contribution >= 0.6 is 0 Å². The smallest absolute Gasteiger partial charge is 0.388 e. The quantitative estimate of drug-likeness (QED) is 0.593. The lowest BCUT2D eigenvalue weighted by atomic mass is 9.84. The summed E-state index contributed by atoms with van der Waals surface area (Å²) in [6, 6.07) is 1.80. The van der Waals surface area contributed by atoms with Gasteiger partial charge in [0.1, 0.15) is 11.5 Å². The van der Waals surface area contributed by atoms with E-state index in [1.165, 1.54) is 17.1 Å². The van der Waals surface area contributed by atoms with Gasteiger partial charge in [0.2, 0.25) is 5.88 Å². The molecule has 3 aromatic heterocycles. The predicted octanol–water partition coefficient (Wildman–Crippen LogP) is 3.50. The van der Waals surface area contributed by atoms with Crippen LogP contribution in [0.2, 0.25) is 0 Å². The maximum atomic E-state index is 13.3. The number of rotatable bonds is 6. The molecule has 0 spiro atoms. The van der Waals surface area contributed by atoms with E-state index in [4.69, 9.17) is 0 Å². The summed E-state index contributed by atoms with van der Waals surface area (Å²) >= 11 is 0. The zero-order valence-corrected chi connectivity index (χ0v) is 17.0. The minimum atomic E-state index is -3.05. The van der Waals surface area contributed by atoms with Gasteiger partial charge in [0.25, 0.3) is 5.56 Å². The molecule has 0 N–H and O–H groups in total. The summed E-state index contributed by atoms with van der Waals surface area (Å²) in [7, 11) is 0. The molecule has 1 aliphatic rings. The van der Waals surface area contributed by atoms with E-state index < -0.39 is 6.61 Å². The lowest BCUT2D eigenvalue weighted by Crippen LogP contribution is -2.30. The Labute approximate surface area is 177 Å². The van der Waals surface area contributed by atoms with E-state index in [9.17, 15) is 13.6 Å². The van der Waals surface area contributed by atoms with Crippen LogP contribution in [-0.4, -0.2) is 36.3 Å². The predicted molar refractivity (Wildman–Crippen MR) is 108 cm³/mol. The van der Waals surface area contributed by atoms with Crippen molar-refractivity contribution in [2.75, 3.05) is 0 Å². The first-order valence-electron chi connectivity index (χ1n) is 10.2. The first-order valence-corrected chi connectivity index (χ1v) is 10.2. The third-order valence-corrected chi connectivity index (χ3v) is 5.36. The Morgan fingerprint density at radius 1 is 1.10 bits per heavy atom. The average molecular weight is 428 g/mol. The Hall–Kier alpha value is -3.30. The lowest BCUT2D eigenvalue weighted by Gasteiger charge is -2.22. The van der Waals surface area contributed by atoms with Crippen LogP contribution in [-0.2, 0) is 6.54 Å². The van der Waals surface area contributed by atoms with Crippen molar-refractivity contribution in [2.24, 2.45) is 0 Å². The van der Waals surface area contributed by atoms with E-state index in [1.54, 1.807) is 25.4 Å². The molecule has 0 saturated heterocycles. The van der Waals surface area contributed by atoms with Crippen molar-refractivity contribution in [2.45, 2.75) is 58.1 Å². The molecule has 31 heavy (non-hydrogen) atoms. The topological polar surface area (TPSA) is 95.7 Å². The van der Waals surface area contributed by atoms with E-state index in [0.717, 1.165) is 32.1 Å². The van der Waals surface area contributed by atoms with Gasteiger partial charge in [-0.25, -0.2) is 19.6 Å². The van der Waals surface area contributed by atoms with Crippen LogP contribution in [0.5, 0.6) is 5.88 Å². The number of aryl methyl sites for hydroxylation is 1. The van der Waals surface area contributed by atoms with Crippen LogP contribution in [0, 0.1) is 6.92 Å². The summed E-state index contributed by atoms with van der Waals surface area (Å²) in [6.07, 6.45) is 11.0. The largest absolute Gasteiger partial charge is 0.415 e. The van der Waals surface area contributed by atoms with Crippen molar-refractivity contribution in [1.82, 2.24) is 29.7 Å². The molecule has 3 aromatic rings. The summed E-state index contributed by atoms with van der Waals surface area (Å²) in [4.78, 5) is 29.6. The molecular formula is C21H22F2N6O2. The molecule has 1 saturated carbocycles. The molecule has 3 heterocycles. The van der Waals surface area contributed by atoms with Gasteiger partial charge >= 0.3 is 6.61 Å². The second kappa shape index (κ2) is 9.23. The number of alkyl halides is 2. The Bertz CT molecular complexity index is 1100. The molecule has 0 amide bonds. The van der Waals surface area contributed by atoms with Gasteiger partial charge in [-0.1, -0.05) is 19.3 Å². The highest BCUT2D eigenvalue weighted by Crippen LogP contribution is 2.32. The monoisotopic (exact) mass is 428 g/mol. The van der Waals surface area contributed by atoms with Crippen molar-refractivity contribution >= 4 is 0 Å². The fourth-order valence-electron chi connectivity index (χ4n) is 3.83. The van der Waals surface area contributed by atoms with Crippen molar-refractivity contribution in [1.29, 1.82) is 0 Å². The van der Waals surface area contributed by atoms with Crippen LogP contribution in [0.4, 0.5) is 8.78 Å². The number of hydrogen-bond donors (Lipinski definition) is 0. The Kier molecular flexibility index (Phi) is 6.24. The number of aromatic nitrogens is 6. The van der Waals surface area contributed by atoms with Gasteiger partial charge in [0.05, 0.1) is 12.2 Å². The summed E-state index contributed by atoms with van der Waals surface area (Å²) in [5, 5.41) is 4.46. The van der Waals surface area contributed by atoms with Crippen molar-refractivity contribution < 1.29 is 13.5 Å². The fourth-order valence-corrected chi connectivity index (χ4v) is 3.83. The zero-order chi connectivity index (χ0) is 21.8. The van der Waals surface area contributed by atoms with Gasteiger partial charge in [0.15, 0.2) is 0 Å². The van der Waals surface area contributed by atoms with E-state index in [-0.39, 0.29) is 29.6 Å². The molecule has 1 fully saturated rings. The van der Waals surface area contributed by atoms with E-state index in [2.05, 4.69) is 29.8 Å². The Morgan fingerprint density at radius 3 is 2.52 bits per heavy atom. The fraction of sp³-hybridized carbons (Fsp3) is 0.429. The SMILES string of the molecule is Cc1ncc(-c2cc(C3CCCCC3)c(=O)n(Cc3nccnc3OC(F)F)n2)cn1. The number of ether oxygens (including phenoxy) is 1. The molecule has 0 bridgehead atoms. The standard InChI is InChI=1S/C21H22F2N6O2/c1-13-26-10-15(11-27-13)17-9-16(14-5-3-2-4-6-14)20(30)29(28-17)12-18-19(31-21(22)23)25-8-7-24-18/h7-11,14,21H,2-6,12H2,1H3. The molecule has 0 atom stereocenters. The third-order valence-electron chi connectivity index (χ3n) is 5.36. The molecule has 10 heteroatoms. The summed E-state index contributed by atoms with van der Waals surface area (Å²) in [5.41, 5.74) is 1.70. The van der Waals surface area contributed by atoms with Crippen molar-refractivity contribution in [3.63, 3.8) is 0 Å². The van der Waals surface area contributed by atoms with Gasteiger partial charge in [-0.3, -0.25) is 9.78 Å². The maximum absolute atomic E-state index is 13.3. The lowest BCUT2D eigenvalue weighted by molar-refractivity contribution is -0.0539. The second-order valence-electron chi connectivity index (χ2n) is 7.49. The van der Waals surface area contributed by atoms with Crippen LogP contribution < -0.4 is 10.3 Å².